The molecule has 0 radical (unpaired) electrons. The molecule has 0 fully saturated rings. The van der Waals surface area contributed by atoms with Gasteiger partial charge in [-0.25, -0.2) is 12.8 Å². The van der Waals surface area contributed by atoms with Gasteiger partial charge in [-0.1, -0.05) is 26.0 Å². The van der Waals surface area contributed by atoms with E-state index in [4.69, 9.17) is 0 Å². The molecule has 0 spiro atoms. The fourth-order valence-electron chi connectivity index (χ4n) is 2.42. The molecule has 130 valence electrons. The van der Waals surface area contributed by atoms with E-state index >= 15 is 0 Å². The van der Waals surface area contributed by atoms with Crippen LogP contribution in [0.3, 0.4) is 0 Å². The summed E-state index contributed by atoms with van der Waals surface area (Å²) in [5.41, 5.74) is 0.396. The van der Waals surface area contributed by atoms with Gasteiger partial charge in [0.05, 0.1) is 4.90 Å². The first-order chi connectivity index (χ1) is 11.1. The van der Waals surface area contributed by atoms with Gasteiger partial charge in [-0.05, 0) is 42.8 Å². The maximum Gasteiger partial charge on any atom is 0.224 e. The number of sulfone groups is 1. The van der Waals surface area contributed by atoms with E-state index < -0.39 is 38.5 Å². The Hall–Kier alpha value is -1.99. The summed E-state index contributed by atoms with van der Waals surface area (Å²) in [7, 11) is -4.23. The smallest absolute Gasteiger partial charge is 0.224 e. The largest absolute Gasteiger partial charge is 0.385 e. The number of hydrogen-bond acceptors (Lipinski definition) is 4. The molecule has 2 unspecified atom stereocenters. The highest BCUT2D eigenvalue weighted by molar-refractivity contribution is 7.93. The van der Waals surface area contributed by atoms with Crippen molar-refractivity contribution in [1.82, 2.24) is 5.32 Å². The molecule has 1 aromatic carbocycles. The Morgan fingerprint density at radius 2 is 1.88 bits per heavy atom. The second kappa shape index (κ2) is 6.49. The maximum absolute atomic E-state index is 13.2. The number of halogens is 1. The number of nitrogens with one attached hydrogen (secondary N) is 1. The molecule has 1 aliphatic carbocycles. The molecule has 2 atom stereocenters. The van der Waals surface area contributed by atoms with Crippen LogP contribution in [0.2, 0.25) is 0 Å². The first kappa shape index (κ1) is 18.4. The van der Waals surface area contributed by atoms with Crippen LogP contribution >= 0.6 is 0 Å². The van der Waals surface area contributed by atoms with Crippen molar-refractivity contribution in [2.75, 3.05) is 0 Å². The molecular formula is C17H20FNO4S. The minimum absolute atomic E-state index is 0.189. The lowest BCUT2D eigenvalue weighted by molar-refractivity contribution is -0.125. The van der Waals surface area contributed by atoms with E-state index in [1.54, 1.807) is 26.8 Å². The van der Waals surface area contributed by atoms with Crippen molar-refractivity contribution < 1.29 is 22.7 Å². The number of carbonyl (C=O) groups is 1. The maximum atomic E-state index is 13.2. The quantitative estimate of drug-likeness (QED) is 0.811. The topological polar surface area (TPSA) is 83.5 Å². The van der Waals surface area contributed by atoms with Crippen molar-refractivity contribution in [3.8, 4) is 0 Å². The van der Waals surface area contributed by atoms with Gasteiger partial charge in [0.25, 0.3) is 0 Å². The van der Waals surface area contributed by atoms with E-state index in [-0.39, 0.29) is 4.90 Å². The Morgan fingerprint density at radius 3 is 2.42 bits per heavy atom. The molecule has 0 saturated heterocycles. The van der Waals surface area contributed by atoms with Gasteiger partial charge in [-0.2, -0.15) is 0 Å². The van der Waals surface area contributed by atoms with Gasteiger partial charge in [-0.15, -0.1) is 0 Å². The summed E-state index contributed by atoms with van der Waals surface area (Å²) in [4.78, 5) is 9.98. The molecule has 5 nitrogen and oxygen atoms in total. The van der Waals surface area contributed by atoms with E-state index in [0.29, 0.717) is 5.57 Å². The highest BCUT2D eigenvalue weighted by atomic mass is 32.2. The molecular weight excluding hydrogens is 333 g/mol. The van der Waals surface area contributed by atoms with Gasteiger partial charge in [0.2, 0.25) is 15.7 Å². The molecule has 0 bridgehead atoms. The summed E-state index contributed by atoms with van der Waals surface area (Å²) < 4.78 is 39.4. The number of benzene rings is 1. The Labute approximate surface area is 140 Å². The lowest BCUT2D eigenvalue weighted by Gasteiger charge is -2.38. The van der Waals surface area contributed by atoms with Crippen molar-refractivity contribution in [3.63, 3.8) is 0 Å². The van der Waals surface area contributed by atoms with Crippen LogP contribution in [0, 0.1) is 11.7 Å². The minimum Gasteiger partial charge on any atom is -0.385 e. The Balaban J connectivity index is 2.62. The van der Waals surface area contributed by atoms with Gasteiger partial charge in [0.15, 0.2) is 4.87 Å². The fourth-order valence-corrected chi connectivity index (χ4v) is 4.28. The molecule has 0 aromatic heterocycles. The summed E-state index contributed by atoms with van der Waals surface area (Å²) in [5, 5.41) is 13.0. The molecule has 2 N–H and O–H groups in total. The second-order valence-electron chi connectivity index (χ2n) is 6.07. The standard InChI is InChI=1S/C17H20FNO4S/c1-11(2)16(21)19-17(10-4-5-12(3)15(17)20)24(22,23)14-8-6-13(18)7-9-14/h4-11,15,20H,1-3H3,(H,19,21). The number of amides is 1. The number of allylic oxidation sites excluding steroid dienone is 2. The third kappa shape index (κ3) is 3.01. The van der Waals surface area contributed by atoms with Crippen molar-refractivity contribution in [2.24, 2.45) is 5.92 Å². The lowest BCUT2D eigenvalue weighted by atomic mass is 9.97. The first-order valence-electron chi connectivity index (χ1n) is 7.48. The number of rotatable bonds is 4. The zero-order valence-corrected chi connectivity index (χ0v) is 14.5. The van der Waals surface area contributed by atoms with Gasteiger partial charge in [0, 0.05) is 5.92 Å². The van der Waals surface area contributed by atoms with Gasteiger partial charge in [0.1, 0.15) is 11.9 Å². The molecule has 1 aromatic rings. The first-order valence-corrected chi connectivity index (χ1v) is 8.96. The van der Waals surface area contributed by atoms with Crippen LogP contribution in [0.4, 0.5) is 4.39 Å². The zero-order valence-electron chi connectivity index (χ0n) is 13.7. The molecule has 0 heterocycles. The summed E-state index contributed by atoms with van der Waals surface area (Å²) >= 11 is 0. The normalized spacial score (nSPS) is 23.9. The highest BCUT2D eigenvalue weighted by Gasteiger charge is 2.51. The summed E-state index contributed by atoms with van der Waals surface area (Å²) in [6.45, 7) is 4.81. The Morgan fingerprint density at radius 1 is 1.29 bits per heavy atom. The number of aliphatic hydroxyl groups excluding tert-OH is 1. The predicted molar refractivity (Wildman–Crippen MR) is 88.2 cm³/mol. The monoisotopic (exact) mass is 353 g/mol. The van der Waals surface area contributed by atoms with E-state index in [9.17, 15) is 22.7 Å². The molecule has 24 heavy (non-hydrogen) atoms. The number of aliphatic hydroxyl groups is 1. The van der Waals surface area contributed by atoms with Gasteiger partial charge < -0.3 is 10.4 Å². The molecule has 0 aliphatic heterocycles. The lowest BCUT2D eigenvalue weighted by Crippen LogP contribution is -2.62. The molecule has 0 saturated carbocycles. The summed E-state index contributed by atoms with van der Waals surface area (Å²) in [6, 6.07) is 4.27. The van der Waals surface area contributed by atoms with Crippen LogP contribution < -0.4 is 5.32 Å². The number of carbonyl (C=O) groups excluding carboxylic acids is 1. The van der Waals surface area contributed by atoms with Crippen LogP contribution in [-0.2, 0) is 14.6 Å². The summed E-state index contributed by atoms with van der Waals surface area (Å²) in [5.74, 6) is -1.57. The van der Waals surface area contributed by atoms with E-state index in [0.717, 1.165) is 24.3 Å². The zero-order chi connectivity index (χ0) is 18.1. The minimum atomic E-state index is -4.23. The van der Waals surface area contributed by atoms with Crippen LogP contribution in [0.1, 0.15) is 20.8 Å². The average molecular weight is 353 g/mol. The summed E-state index contributed by atoms with van der Waals surface area (Å²) in [6.07, 6.45) is 2.85. The van der Waals surface area contributed by atoms with Crippen LogP contribution in [0.5, 0.6) is 0 Å². The van der Waals surface area contributed by atoms with Crippen LogP contribution in [0.25, 0.3) is 0 Å². The van der Waals surface area contributed by atoms with Gasteiger partial charge in [-0.3, -0.25) is 4.79 Å². The second-order valence-corrected chi connectivity index (χ2v) is 8.22. The fraction of sp³-hybridized carbons (Fsp3) is 0.353. The molecule has 1 aliphatic rings. The van der Waals surface area contributed by atoms with Crippen molar-refractivity contribution in [1.29, 1.82) is 0 Å². The van der Waals surface area contributed by atoms with Crippen molar-refractivity contribution in [3.05, 3.63) is 53.9 Å². The van der Waals surface area contributed by atoms with Crippen molar-refractivity contribution in [2.45, 2.75) is 36.6 Å². The average Bonchev–Trinajstić information content (AvgIpc) is 2.52. The predicted octanol–water partition coefficient (Wildman–Crippen LogP) is 1.94. The third-order valence-electron chi connectivity index (χ3n) is 3.95. The SMILES string of the molecule is CC1=CC=CC(NC(=O)C(C)C)(S(=O)(=O)c2ccc(F)cc2)C1O. The van der Waals surface area contributed by atoms with Crippen LogP contribution in [-0.4, -0.2) is 30.4 Å². The number of hydrogen-bond donors (Lipinski definition) is 2. The molecule has 1 amide bonds. The van der Waals surface area contributed by atoms with E-state index in [1.807, 2.05) is 0 Å². The van der Waals surface area contributed by atoms with Crippen LogP contribution in [0.15, 0.2) is 53.0 Å². The van der Waals surface area contributed by atoms with E-state index in [2.05, 4.69) is 5.32 Å². The Kier molecular flexibility index (Phi) is 4.96. The van der Waals surface area contributed by atoms with Gasteiger partial charge >= 0.3 is 0 Å². The molecule has 2 rings (SSSR count). The van der Waals surface area contributed by atoms with Crippen molar-refractivity contribution >= 4 is 15.7 Å². The van der Waals surface area contributed by atoms with E-state index in [1.165, 1.54) is 12.2 Å². The highest BCUT2D eigenvalue weighted by Crippen LogP contribution is 2.34. The Bertz CT molecular complexity index is 796. The molecule has 7 heteroatoms. The third-order valence-corrected chi connectivity index (χ3v) is 6.20.